The Morgan fingerprint density at radius 1 is 1.27 bits per heavy atom. The van der Waals surface area contributed by atoms with Crippen LogP contribution in [0.5, 0.6) is 0 Å². The lowest BCUT2D eigenvalue weighted by atomic mass is 10.3. The van der Waals surface area contributed by atoms with Crippen LogP contribution < -0.4 is 5.32 Å². The van der Waals surface area contributed by atoms with Crippen molar-refractivity contribution in [2.24, 2.45) is 0 Å². The highest BCUT2D eigenvalue weighted by molar-refractivity contribution is 7.18. The van der Waals surface area contributed by atoms with Crippen LogP contribution in [0.1, 0.15) is 46.9 Å². The predicted octanol–water partition coefficient (Wildman–Crippen LogP) is 3.86. The molecule has 0 radical (unpaired) electrons. The Morgan fingerprint density at radius 2 is 2.09 bits per heavy atom. The molecule has 0 bridgehead atoms. The molecule has 118 valence electrons. The lowest BCUT2D eigenvalue weighted by Crippen LogP contribution is -2.31. The van der Waals surface area contributed by atoms with Crippen molar-refractivity contribution in [3.8, 4) is 0 Å². The molecule has 0 saturated carbocycles. The number of nitrogens with zero attached hydrogens (tertiary/aromatic N) is 1. The van der Waals surface area contributed by atoms with Crippen molar-refractivity contribution in [3.05, 3.63) is 41.2 Å². The fourth-order valence-corrected chi connectivity index (χ4v) is 2.88. The lowest BCUT2D eigenvalue weighted by Gasteiger charge is -2.19. The average Bonchev–Trinajstić information content (AvgIpc) is 3.19. The van der Waals surface area contributed by atoms with Crippen molar-refractivity contribution in [2.45, 2.75) is 26.7 Å². The fourth-order valence-electron chi connectivity index (χ4n) is 2.01. The van der Waals surface area contributed by atoms with Gasteiger partial charge in [0.25, 0.3) is 11.8 Å². The van der Waals surface area contributed by atoms with E-state index in [0.717, 1.165) is 19.4 Å². The minimum Gasteiger partial charge on any atom is -0.459 e. The molecule has 0 unspecified atom stereocenters. The summed E-state index contributed by atoms with van der Waals surface area (Å²) in [5, 5.41) is 3.37. The second kappa shape index (κ2) is 7.79. The molecular weight excluding hydrogens is 300 g/mol. The number of hydrogen-bond donors (Lipinski definition) is 1. The van der Waals surface area contributed by atoms with Crippen LogP contribution >= 0.6 is 11.3 Å². The summed E-state index contributed by atoms with van der Waals surface area (Å²) in [5.41, 5.74) is 0. The topological polar surface area (TPSA) is 62.6 Å². The third kappa shape index (κ3) is 3.98. The Kier molecular flexibility index (Phi) is 5.77. The van der Waals surface area contributed by atoms with Gasteiger partial charge in [0.15, 0.2) is 5.76 Å². The number of thiophene rings is 1. The highest BCUT2D eigenvalue weighted by Crippen LogP contribution is 2.24. The SMILES string of the molecule is CCCCN(CC)C(=O)c1ccc(NC(=O)c2ccco2)s1. The summed E-state index contributed by atoms with van der Waals surface area (Å²) in [6.45, 7) is 5.52. The van der Waals surface area contributed by atoms with E-state index in [4.69, 9.17) is 4.42 Å². The molecule has 22 heavy (non-hydrogen) atoms. The van der Waals surface area contributed by atoms with Crippen LogP contribution in [0.4, 0.5) is 5.00 Å². The number of carbonyl (C=O) groups excluding carboxylic acids is 2. The second-order valence-corrected chi connectivity index (χ2v) is 5.92. The van der Waals surface area contributed by atoms with Gasteiger partial charge in [-0.25, -0.2) is 0 Å². The van der Waals surface area contributed by atoms with Crippen LogP contribution in [-0.2, 0) is 0 Å². The van der Waals surface area contributed by atoms with E-state index in [2.05, 4.69) is 12.2 Å². The number of unbranched alkanes of at least 4 members (excludes halogenated alkanes) is 1. The molecule has 0 saturated heterocycles. The van der Waals surface area contributed by atoms with Crippen molar-refractivity contribution in [3.63, 3.8) is 0 Å². The molecule has 0 fully saturated rings. The van der Waals surface area contributed by atoms with E-state index in [1.54, 1.807) is 24.3 Å². The molecule has 0 aliphatic heterocycles. The van der Waals surface area contributed by atoms with E-state index in [1.165, 1.54) is 17.6 Å². The molecule has 0 aromatic carbocycles. The first-order valence-corrected chi connectivity index (χ1v) is 8.21. The Hall–Kier alpha value is -2.08. The van der Waals surface area contributed by atoms with E-state index in [0.29, 0.717) is 16.4 Å². The van der Waals surface area contributed by atoms with Crippen molar-refractivity contribution in [2.75, 3.05) is 18.4 Å². The summed E-state index contributed by atoms with van der Waals surface area (Å²) < 4.78 is 5.04. The predicted molar refractivity (Wildman–Crippen MR) is 87.5 cm³/mol. The molecule has 2 aromatic heterocycles. The van der Waals surface area contributed by atoms with Crippen molar-refractivity contribution < 1.29 is 14.0 Å². The summed E-state index contributed by atoms with van der Waals surface area (Å²) in [6.07, 6.45) is 3.50. The Morgan fingerprint density at radius 3 is 2.73 bits per heavy atom. The zero-order chi connectivity index (χ0) is 15.9. The molecule has 0 aliphatic rings. The summed E-state index contributed by atoms with van der Waals surface area (Å²) >= 11 is 1.28. The first kappa shape index (κ1) is 16.3. The number of furan rings is 1. The smallest absolute Gasteiger partial charge is 0.291 e. The lowest BCUT2D eigenvalue weighted by molar-refractivity contribution is 0.0767. The number of nitrogens with one attached hydrogen (secondary N) is 1. The maximum absolute atomic E-state index is 12.4. The van der Waals surface area contributed by atoms with Gasteiger partial charge in [-0.05, 0) is 37.6 Å². The van der Waals surface area contributed by atoms with Crippen LogP contribution in [-0.4, -0.2) is 29.8 Å². The van der Waals surface area contributed by atoms with Gasteiger partial charge in [0.05, 0.1) is 16.1 Å². The molecule has 0 spiro atoms. The van der Waals surface area contributed by atoms with E-state index < -0.39 is 0 Å². The summed E-state index contributed by atoms with van der Waals surface area (Å²) in [6, 6.07) is 6.75. The van der Waals surface area contributed by atoms with Gasteiger partial charge in [0.2, 0.25) is 0 Å². The second-order valence-electron chi connectivity index (χ2n) is 4.83. The number of carbonyl (C=O) groups is 2. The van der Waals surface area contributed by atoms with E-state index in [-0.39, 0.29) is 17.6 Å². The summed E-state index contributed by atoms with van der Waals surface area (Å²) in [4.78, 5) is 26.8. The number of hydrogen-bond acceptors (Lipinski definition) is 4. The third-order valence-corrected chi connectivity index (χ3v) is 4.24. The van der Waals surface area contributed by atoms with E-state index in [1.807, 2.05) is 11.8 Å². The fraction of sp³-hybridized carbons (Fsp3) is 0.375. The molecule has 2 rings (SSSR count). The monoisotopic (exact) mass is 320 g/mol. The number of anilines is 1. The van der Waals surface area contributed by atoms with Gasteiger partial charge in [0.1, 0.15) is 0 Å². The zero-order valence-electron chi connectivity index (χ0n) is 12.8. The van der Waals surface area contributed by atoms with Gasteiger partial charge in [-0.1, -0.05) is 13.3 Å². The Bertz CT molecular complexity index is 619. The third-order valence-electron chi connectivity index (χ3n) is 3.25. The van der Waals surface area contributed by atoms with Crippen LogP contribution in [0.25, 0.3) is 0 Å². The van der Waals surface area contributed by atoms with E-state index in [9.17, 15) is 9.59 Å². The molecule has 0 atom stereocenters. The molecule has 0 aliphatic carbocycles. The average molecular weight is 320 g/mol. The number of rotatable bonds is 7. The Balaban J connectivity index is 2.01. The normalized spacial score (nSPS) is 10.5. The highest BCUT2D eigenvalue weighted by Gasteiger charge is 2.17. The van der Waals surface area contributed by atoms with Gasteiger partial charge >= 0.3 is 0 Å². The minimum absolute atomic E-state index is 0.0134. The van der Waals surface area contributed by atoms with Gasteiger partial charge in [-0.3, -0.25) is 9.59 Å². The first-order valence-electron chi connectivity index (χ1n) is 7.39. The van der Waals surface area contributed by atoms with Crippen LogP contribution in [0.15, 0.2) is 34.9 Å². The van der Waals surface area contributed by atoms with Crippen LogP contribution in [0, 0.1) is 0 Å². The van der Waals surface area contributed by atoms with Gasteiger partial charge in [-0.15, -0.1) is 11.3 Å². The molecule has 1 N–H and O–H groups in total. The maximum atomic E-state index is 12.4. The molecule has 2 amide bonds. The van der Waals surface area contributed by atoms with Crippen LogP contribution in [0.3, 0.4) is 0 Å². The van der Waals surface area contributed by atoms with Crippen molar-refractivity contribution in [1.29, 1.82) is 0 Å². The van der Waals surface area contributed by atoms with Crippen molar-refractivity contribution in [1.82, 2.24) is 4.90 Å². The maximum Gasteiger partial charge on any atom is 0.291 e. The van der Waals surface area contributed by atoms with E-state index >= 15 is 0 Å². The van der Waals surface area contributed by atoms with Crippen LogP contribution in [0.2, 0.25) is 0 Å². The van der Waals surface area contributed by atoms with Gasteiger partial charge < -0.3 is 14.6 Å². The molecule has 2 aromatic rings. The first-order chi connectivity index (χ1) is 10.7. The van der Waals surface area contributed by atoms with Gasteiger partial charge in [-0.2, -0.15) is 0 Å². The summed E-state index contributed by atoms with van der Waals surface area (Å²) in [7, 11) is 0. The molecule has 2 heterocycles. The van der Waals surface area contributed by atoms with Gasteiger partial charge in [0, 0.05) is 13.1 Å². The largest absolute Gasteiger partial charge is 0.459 e. The van der Waals surface area contributed by atoms with Crippen molar-refractivity contribution >= 4 is 28.2 Å². The molecule has 5 nitrogen and oxygen atoms in total. The summed E-state index contributed by atoms with van der Waals surface area (Å²) in [5.74, 6) is -0.0527. The Labute approximate surface area is 133 Å². The molecule has 6 heteroatoms. The number of amides is 2. The minimum atomic E-state index is -0.316. The standard InChI is InChI=1S/C16H20N2O3S/c1-3-5-10-18(4-2)16(20)13-8-9-14(22-13)17-15(19)12-7-6-11-21-12/h6-9,11H,3-5,10H2,1-2H3,(H,17,19). The molecular formula is C16H20N2O3S. The highest BCUT2D eigenvalue weighted by atomic mass is 32.1. The zero-order valence-corrected chi connectivity index (χ0v) is 13.6. The quantitative estimate of drug-likeness (QED) is 0.842.